The van der Waals surface area contributed by atoms with Crippen molar-refractivity contribution in [1.82, 2.24) is 4.90 Å². The summed E-state index contributed by atoms with van der Waals surface area (Å²) in [6.45, 7) is 3.20. The number of para-hydroxylation sites is 1. The topological polar surface area (TPSA) is 49.4 Å². The summed E-state index contributed by atoms with van der Waals surface area (Å²) in [5.74, 6) is -0.223. The van der Waals surface area contributed by atoms with E-state index in [4.69, 9.17) is 0 Å². The van der Waals surface area contributed by atoms with Crippen LogP contribution < -0.4 is 5.32 Å². The van der Waals surface area contributed by atoms with Gasteiger partial charge in [0.1, 0.15) is 0 Å². The number of carbonyl (C=O) groups is 2. The summed E-state index contributed by atoms with van der Waals surface area (Å²) in [5.41, 5.74) is 2.98. The highest BCUT2D eigenvalue weighted by Crippen LogP contribution is 2.19. The minimum atomic E-state index is -0.166. The fourth-order valence-electron chi connectivity index (χ4n) is 3.11. The number of rotatable bonds is 4. The highest BCUT2D eigenvalue weighted by Gasteiger charge is 2.27. The number of hydrogen-bond donors (Lipinski definition) is 1. The minimum Gasteiger partial charge on any atom is -0.338 e. The van der Waals surface area contributed by atoms with Gasteiger partial charge in [0.25, 0.3) is 0 Å². The van der Waals surface area contributed by atoms with Crippen LogP contribution in [0.15, 0.2) is 60.7 Å². The van der Waals surface area contributed by atoms with E-state index in [1.165, 1.54) is 5.56 Å². The van der Waals surface area contributed by atoms with Crippen molar-refractivity contribution >= 4 is 23.6 Å². The van der Waals surface area contributed by atoms with Crippen LogP contribution in [0, 0.1) is 12.8 Å². The van der Waals surface area contributed by atoms with Gasteiger partial charge in [0.2, 0.25) is 11.8 Å². The first-order valence-corrected chi connectivity index (χ1v) is 9.01. The van der Waals surface area contributed by atoms with Crippen LogP contribution in [0.2, 0.25) is 0 Å². The second kappa shape index (κ2) is 8.48. The van der Waals surface area contributed by atoms with Gasteiger partial charge < -0.3 is 10.2 Å². The molecule has 2 aromatic carbocycles. The molecule has 1 fully saturated rings. The van der Waals surface area contributed by atoms with E-state index in [2.05, 4.69) is 5.32 Å². The number of amides is 2. The maximum Gasteiger partial charge on any atom is 0.246 e. The van der Waals surface area contributed by atoms with Crippen LogP contribution in [-0.2, 0) is 9.59 Å². The van der Waals surface area contributed by atoms with Crippen molar-refractivity contribution in [3.63, 3.8) is 0 Å². The Balaban J connectivity index is 1.57. The van der Waals surface area contributed by atoms with Gasteiger partial charge in [-0.3, -0.25) is 9.59 Å². The number of aryl methyl sites for hydroxylation is 1. The van der Waals surface area contributed by atoms with Gasteiger partial charge >= 0.3 is 0 Å². The molecule has 1 N–H and O–H groups in total. The maximum absolute atomic E-state index is 12.5. The van der Waals surface area contributed by atoms with Gasteiger partial charge in [-0.05, 0) is 43.5 Å². The molecule has 1 atom stereocenters. The SMILES string of the molecule is Cc1ccc(/C=C/C(=O)N2CCC[C@@H](C(=O)Nc3ccccc3)C2)cc1. The van der Waals surface area contributed by atoms with E-state index in [0.717, 1.165) is 24.1 Å². The lowest BCUT2D eigenvalue weighted by Gasteiger charge is -2.31. The van der Waals surface area contributed by atoms with Crippen molar-refractivity contribution in [2.24, 2.45) is 5.92 Å². The molecular formula is C22H24N2O2. The van der Waals surface area contributed by atoms with E-state index in [1.54, 1.807) is 11.0 Å². The Morgan fingerprint density at radius 1 is 1.08 bits per heavy atom. The smallest absolute Gasteiger partial charge is 0.246 e. The second-order valence-electron chi connectivity index (χ2n) is 6.72. The van der Waals surface area contributed by atoms with E-state index < -0.39 is 0 Å². The number of nitrogens with one attached hydrogen (secondary N) is 1. The molecule has 3 rings (SSSR count). The Kier molecular flexibility index (Phi) is 5.84. The quantitative estimate of drug-likeness (QED) is 0.852. The molecule has 0 bridgehead atoms. The number of benzene rings is 2. The van der Waals surface area contributed by atoms with Gasteiger partial charge in [0.05, 0.1) is 5.92 Å². The second-order valence-corrected chi connectivity index (χ2v) is 6.72. The predicted octanol–water partition coefficient (Wildman–Crippen LogP) is 3.89. The zero-order valence-corrected chi connectivity index (χ0v) is 15.0. The lowest BCUT2D eigenvalue weighted by atomic mass is 9.97. The maximum atomic E-state index is 12.5. The van der Waals surface area contributed by atoms with Crippen LogP contribution in [0.25, 0.3) is 6.08 Å². The standard InChI is InChI=1S/C22H24N2O2/c1-17-9-11-18(12-10-17)13-14-21(25)24-15-5-6-19(16-24)22(26)23-20-7-3-2-4-8-20/h2-4,7-14,19H,5-6,15-16H2,1H3,(H,23,26)/b14-13+/t19-/m1/s1. The molecule has 1 saturated heterocycles. The molecule has 0 saturated carbocycles. The van der Waals surface area contributed by atoms with Crippen molar-refractivity contribution in [3.8, 4) is 0 Å². The van der Waals surface area contributed by atoms with Crippen molar-refractivity contribution in [1.29, 1.82) is 0 Å². The van der Waals surface area contributed by atoms with Gasteiger partial charge in [-0.25, -0.2) is 0 Å². The van der Waals surface area contributed by atoms with Gasteiger partial charge in [0, 0.05) is 24.9 Å². The van der Waals surface area contributed by atoms with Crippen LogP contribution in [0.5, 0.6) is 0 Å². The molecule has 0 spiro atoms. The van der Waals surface area contributed by atoms with Gasteiger partial charge in [-0.2, -0.15) is 0 Å². The molecule has 4 nitrogen and oxygen atoms in total. The highest BCUT2D eigenvalue weighted by atomic mass is 16.2. The molecule has 4 heteroatoms. The number of anilines is 1. The zero-order valence-electron chi connectivity index (χ0n) is 15.0. The van der Waals surface area contributed by atoms with Crippen molar-refractivity contribution in [3.05, 3.63) is 71.8 Å². The monoisotopic (exact) mass is 348 g/mol. The third-order valence-electron chi connectivity index (χ3n) is 4.64. The van der Waals surface area contributed by atoms with Crippen LogP contribution in [-0.4, -0.2) is 29.8 Å². The number of carbonyl (C=O) groups excluding carboxylic acids is 2. The fraction of sp³-hybridized carbons (Fsp3) is 0.273. The Morgan fingerprint density at radius 3 is 2.54 bits per heavy atom. The first-order chi connectivity index (χ1) is 12.6. The van der Waals surface area contributed by atoms with Crippen molar-refractivity contribution < 1.29 is 9.59 Å². The Hall–Kier alpha value is -2.88. The van der Waals surface area contributed by atoms with E-state index in [1.807, 2.05) is 67.6 Å². The van der Waals surface area contributed by atoms with E-state index in [9.17, 15) is 9.59 Å². The highest BCUT2D eigenvalue weighted by molar-refractivity contribution is 5.95. The molecule has 0 aliphatic carbocycles. The van der Waals surface area contributed by atoms with Gasteiger partial charge in [0.15, 0.2) is 0 Å². The van der Waals surface area contributed by atoms with Crippen molar-refractivity contribution in [2.75, 3.05) is 18.4 Å². The molecule has 26 heavy (non-hydrogen) atoms. The average molecular weight is 348 g/mol. The molecule has 1 aliphatic rings. The lowest BCUT2D eigenvalue weighted by molar-refractivity contribution is -0.130. The molecule has 1 aliphatic heterocycles. The number of likely N-dealkylation sites (tertiary alicyclic amines) is 1. The molecule has 0 radical (unpaired) electrons. The molecule has 2 amide bonds. The average Bonchev–Trinajstić information content (AvgIpc) is 2.68. The van der Waals surface area contributed by atoms with Crippen LogP contribution in [0.3, 0.4) is 0 Å². The largest absolute Gasteiger partial charge is 0.338 e. The summed E-state index contributed by atoms with van der Waals surface area (Å²) in [6.07, 6.45) is 5.08. The molecule has 0 unspecified atom stereocenters. The first kappa shape index (κ1) is 17.9. The summed E-state index contributed by atoms with van der Waals surface area (Å²) >= 11 is 0. The van der Waals surface area contributed by atoms with Crippen molar-refractivity contribution in [2.45, 2.75) is 19.8 Å². The summed E-state index contributed by atoms with van der Waals surface area (Å²) in [4.78, 5) is 26.7. The number of hydrogen-bond acceptors (Lipinski definition) is 2. The minimum absolute atomic E-state index is 0.0174. The lowest BCUT2D eigenvalue weighted by Crippen LogP contribution is -2.43. The number of nitrogens with zero attached hydrogens (tertiary/aromatic N) is 1. The summed E-state index contributed by atoms with van der Waals surface area (Å²) < 4.78 is 0. The Morgan fingerprint density at radius 2 is 1.81 bits per heavy atom. The van der Waals surface area contributed by atoms with Crippen LogP contribution in [0.4, 0.5) is 5.69 Å². The molecule has 0 aromatic heterocycles. The molecule has 1 heterocycles. The number of piperidine rings is 1. The normalized spacial score (nSPS) is 17.3. The Bertz CT molecular complexity index is 782. The van der Waals surface area contributed by atoms with Crippen LogP contribution in [0.1, 0.15) is 24.0 Å². The molecule has 2 aromatic rings. The third kappa shape index (κ3) is 4.82. The Labute approximate surface area is 154 Å². The summed E-state index contributed by atoms with van der Waals surface area (Å²) in [5, 5.41) is 2.94. The van der Waals surface area contributed by atoms with Gasteiger partial charge in [-0.1, -0.05) is 48.0 Å². The molecule has 134 valence electrons. The first-order valence-electron chi connectivity index (χ1n) is 9.01. The summed E-state index contributed by atoms with van der Waals surface area (Å²) in [6, 6.07) is 17.5. The summed E-state index contributed by atoms with van der Waals surface area (Å²) in [7, 11) is 0. The van der Waals surface area contributed by atoms with E-state index in [0.29, 0.717) is 13.1 Å². The van der Waals surface area contributed by atoms with Crippen LogP contribution >= 0.6 is 0 Å². The van der Waals surface area contributed by atoms with Gasteiger partial charge in [-0.15, -0.1) is 0 Å². The van der Waals surface area contributed by atoms with E-state index >= 15 is 0 Å². The zero-order chi connectivity index (χ0) is 18.4. The fourth-order valence-corrected chi connectivity index (χ4v) is 3.11. The molecular weight excluding hydrogens is 324 g/mol. The predicted molar refractivity (Wildman–Crippen MR) is 105 cm³/mol. The van der Waals surface area contributed by atoms with E-state index in [-0.39, 0.29) is 17.7 Å². The third-order valence-corrected chi connectivity index (χ3v) is 4.64.